The van der Waals surface area contributed by atoms with Gasteiger partial charge < -0.3 is 9.47 Å². The molecule has 0 aliphatic heterocycles. The van der Waals surface area contributed by atoms with Crippen molar-refractivity contribution >= 4 is 11.8 Å². The first kappa shape index (κ1) is 20.8. The molecule has 2 rings (SSSR count). The molecule has 0 radical (unpaired) electrons. The summed E-state index contributed by atoms with van der Waals surface area (Å²) < 4.78 is 11.0. The van der Waals surface area contributed by atoms with Crippen molar-refractivity contribution < 1.29 is 19.1 Å². The molecule has 148 valence electrons. The number of hydrogen-bond acceptors (Lipinski definition) is 4. The van der Waals surface area contributed by atoms with Crippen molar-refractivity contribution in [3.8, 4) is 11.5 Å². The molecule has 6 nitrogen and oxygen atoms in total. The highest BCUT2D eigenvalue weighted by molar-refractivity contribution is 5.87. The Balaban J connectivity index is 1.83. The molecule has 27 heavy (non-hydrogen) atoms. The van der Waals surface area contributed by atoms with Gasteiger partial charge >= 0.3 is 0 Å². The Morgan fingerprint density at radius 2 is 1.74 bits per heavy atom. The number of amides is 2. The van der Waals surface area contributed by atoms with Crippen molar-refractivity contribution in [3.63, 3.8) is 0 Å². The molecule has 1 saturated carbocycles. The molecule has 0 spiro atoms. The van der Waals surface area contributed by atoms with Gasteiger partial charge in [-0.3, -0.25) is 20.4 Å². The Morgan fingerprint density at radius 3 is 2.30 bits per heavy atom. The Hall–Kier alpha value is -2.50. The van der Waals surface area contributed by atoms with Gasteiger partial charge in [-0.25, -0.2) is 0 Å². The van der Waals surface area contributed by atoms with Crippen LogP contribution >= 0.6 is 0 Å². The summed E-state index contributed by atoms with van der Waals surface area (Å²) >= 11 is 0. The normalized spacial score (nSPS) is 20.8. The van der Waals surface area contributed by atoms with Gasteiger partial charge in [0.2, 0.25) is 5.91 Å². The van der Waals surface area contributed by atoms with Gasteiger partial charge in [0.05, 0.1) is 12.5 Å². The lowest BCUT2D eigenvalue weighted by atomic mass is 10.1. The maximum Gasteiger partial charge on any atom is 0.279 e. The van der Waals surface area contributed by atoms with Crippen LogP contribution < -0.4 is 20.3 Å². The van der Waals surface area contributed by atoms with E-state index in [9.17, 15) is 9.59 Å². The molecule has 1 aliphatic carbocycles. The maximum absolute atomic E-state index is 12.4. The molecule has 6 heteroatoms. The summed E-state index contributed by atoms with van der Waals surface area (Å²) in [6.45, 7) is 12.3. The van der Waals surface area contributed by atoms with Crippen molar-refractivity contribution in [1.29, 1.82) is 0 Å². The second-order valence-electron chi connectivity index (χ2n) is 7.71. The highest BCUT2D eigenvalue weighted by Crippen LogP contribution is 2.59. The summed E-state index contributed by atoms with van der Waals surface area (Å²) in [5.41, 5.74) is 6.07. The summed E-state index contributed by atoms with van der Waals surface area (Å²) in [6.07, 6.45) is 1.37. The van der Waals surface area contributed by atoms with Crippen LogP contribution in [0.2, 0.25) is 0 Å². The predicted molar refractivity (Wildman–Crippen MR) is 104 cm³/mol. The van der Waals surface area contributed by atoms with E-state index in [1.807, 2.05) is 20.8 Å². The summed E-state index contributed by atoms with van der Waals surface area (Å²) in [7, 11) is 0. The van der Waals surface area contributed by atoms with Crippen molar-refractivity contribution in [2.75, 3.05) is 6.61 Å². The van der Waals surface area contributed by atoms with Crippen LogP contribution in [-0.2, 0) is 9.59 Å². The summed E-state index contributed by atoms with van der Waals surface area (Å²) in [5, 5.41) is 0. The average Bonchev–Trinajstić information content (AvgIpc) is 3.13. The molecular weight excluding hydrogens is 344 g/mol. The second kappa shape index (κ2) is 8.46. The van der Waals surface area contributed by atoms with Gasteiger partial charge in [0.25, 0.3) is 5.91 Å². The van der Waals surface area contributed by atoms with Crippen molar-refractivity contribution in [2.24, 2.45) is 17.3 Å². The minimum atomic E-state index is -0.746. The lowest BCUT2D eigenvalue weighted by Crippen LogP contribution is -2.48. The Morgan fingerprint density at radius 1 is 1.15 bits per heavy atom. The van der Waals surface area contributed by atoms with E-state index in [1.54, 1.807) is 31.2 Å². The van der Waals surface area contributed by atoms with E-state index in [4.69, 9.17) is 9.47 Å². The number of hydrogen-bond donors (Lipinski definition) is 2. The third-order valence-corrected chi connectivity index (χ3v) is 4.83. The fourth-order valence-corrected chi connectivity index (χ4v) is 3.19. The van der Waals surface area contributed by atoms with E-state index < -0.39 is 12.0 Å². The molecule has 0 heterocycles. The lowest BCUT2D eigenvalue weighted by Gasteiger charge is -2.15. The molecule has 3 atom stereocenters. The van der Waals surface area contributed by atoms with E-state index in [2.05, 4.69) is 30.8 Å². The minimum absolute atomic E-state index is 0.101. The first-order valence-corrected chi connectivity index (χ1v) is 9.31. The van der Waals surface area contributed by atoms with Crippen molar-refractivity contribution in [1.82, 2.24) is 10.9 Å². The molecule has 0 saturated heterocycles. The van der Waals surface area contributed by atoms with Gasteiger partial charge in [-0.2, -0.15) is 0 Å². The molecule has 3 unspecified atom stereocenters. The van der Waals surface area contributed by atoms with Gasteiger partial charge in [-0.15, -0.1) is 0 Å². The van der Waals surface area contributed by atoms with Crippen LogP contribution in [0.4, 0.5) is 0 Å². The summed E-state index contributed by atoms with van der Waals surface area (Å²) in [6, 6.07) is 7.04. The fourth-order valence-electron chi connectivity index (χ4n) is 3.19. The quantitative estimate of drug-likeness (QED) is 0.567. The zero-order chi connectivity index (χ0) is 20.2. The maximum atomic E-state index is 12.4. The Kier molecular flexibility index (Phi) is 6.52. The molecule has 0 aromatic heterocycles. The Bertz CT molecular complexity index is 705. The first-order valence-electron chi connectivity index (χ1n) is 9.31. The number of allylic oxidation sites excluding steroid dienone is 2. The highest BCUT2D eigenvalue weighted by Gasteiger charge is 2.60. The minimum Gasteiger partial charge on any atom is -0.494 e. The molecular formula is C21H30N2O4. The van der Waals surface area contributed by atoms with E-state index in [-0.39, 0.29) is 23.2 Å². The number of benzene rings is 1. The standard InChI is InChI=1S/C21H30N2O4/c1-7-26-15-8-10-16(11-9-15)27-14(4)19(24)22-23-20(25)18-17(12-13(2)3)21(18,5)6/h8-12,14,17-18H,7H2,1-6H3,(H,22,24)(H,23,25). The summed E-state index contributed by atoms with van der Waals surface area (Å²) in [5.74, 6) is 0.761. The monoisotopic (exact) mass is 374 g/mol. The van der Waals surface area contributed by atoms with Gasteiger partial charge in [0, 0.05) is 0 Å². The molecule has 1 fully saturated rings. The van der Waals surface area contributed by atoms with Crippen molar-refractivity contribution in [2.45, 2.75) is 47.6 Å². The molecule has 1 aliphatic rings. The van der Waals surface area contributed by atoms with Crippen LogP contribution in [0.15, 0.2) is 35.9 Å². The lowest BCUT2D eigenvalue weighted by molar-refractivity contribution is -0.133. The molecule has 2 N–H and O–H groups in total. The number of rotatable bonds is 7. The molecule has 1 aromatic rings. The zero-order valence-corrected chi connectivity index (χ0v) is 17.0. The van der Waals surface area contributed by atoms with Crippen LogP contribution in [0.5, 0.6) is 11.5 Å². The van der Waals surface area contributed by atoms with Gasteiger partial charge in [0.15, 0.2) is 6.10 Å². The molecule has 2 amide bonds. The molecule has 0 bridgehead atoms. The highest BCUT2D eigenvalue weighted by atomic mass is 16.5. The third kappa shape index (κ3) is 5.25. The van der Waals surface area contributed by atoms with Crippen LogP contribution in [-0.4, -0.2) is 24.5 Å². The number of carbonyl (C=O) groups is 2. The second-order valence-corrected chi connectivity index (χ2v) is 7.71. The van der Waals surface area contributed by atoms with Crippen LogP contribution in [0.1, 0.15) is 41.5 Å². The number of nitrogens with one attached hydrogen (secondary N) is 2. The van der Waals surface area contributed by atoms with Crippen LogP contribution in [0.25, 0.3) is 0 Å². The smallest absolute Gasteiger partial charge is 0.279 e. The number of ether oxygens (including phenoxy) is 2. The van der Waals surface area contributed by atoms with E-state index >= 15 is 0 Å². The first-order chi connectivity index (χ1) is 12.7. The van der Waals surface area contributed by atoms with E-state index in [0.717, 1.165) is 5.75 Å². The molecule has 1 aromatic carbocycles. The van der Waals surface area contributed by atoms with E-state index in [1.165, 1.54) is 5.57 Å². The fraction of sp³-hybridized carbons (Fsp3) is 0.524. The van der Waals surface area contributed by atoms with Crippen LogP contribution in [0, 0.1) is 17.3 Å². The SMILES string of the molecule is CCOc1ccc(OC(C)C(=O)NNC(=O)C2C(C=C(C)C)C2(C)C)cc1. The van der Waals surface area contributed by atoms with Gasteiger partial charge in [-0.1, -0.05) is 25.5 Å². The predicted octanol–water partition coefficient (Wildman–Crippen LogP) is 3.24. The average molecular weight is 374 g/mol. The third-order valence-electron chi connectivity index (χ3n) is 4.83. The zero-order valence-electron chi connectivity index (χ0n) is 17.0. The van der Waals surface area contributed by atoms with Gasteiger partial charge in [-0.05, 0) is 63.3 Å². The van der Waals surface area contributed by atoms with Gasteiger partial charge in [0.1, 0.15) is 11.5 Å². The number of carbonyl (C=O) groups excluding carboxylic acids is 2. The largest absolute Gasteiger partial charge is 0.494 e. The van der Waals surface area contributed by atoms with Crippen molar-refractivity contribution in [3.05, 3.63) is 35.9 Å². The summed E-state index contributed by atoms with van der Waals surface area (Å²) in [4.78, 5) is 24.6. The number of hydrazine groups is 1. The van der Waals surface area contributed by atoms with E-state index in [0.29, 0.717) is 12.4 Å². The van der Waals surface area contributed by atoms with Crippen LogP contribution in [0.3, 0.4) is 0 Å². The Labute approximate surface area is 161 Å². The topological polar surface area (TPSA) is 76.7 Å².